The third-order valence-electron chi connectivity index (χ3n) is 4.98. The molecular formula is C18H27N5O2. The Labute approximate surface area is 148 Å². The number of likely N-dealkylation sites (N-methyl/N-ethyl adjacent to an activating group) is 1. The molecule has 0 aliphatic carbocycles. The van der Waals surface area contributed by atoms with E-state index in [0.717, 1.165) is 24.6 Å². The highest BCUT2D eigenvalue weighted by Gasteiger charge is 2.34. The summed E-state index contributed by atoms with van der Waals surface area (Å²) in [6.07, 6.45) is 6.14. The second-order valence-corrected chi connectivity index (χ2v) is 6.89. The van der Waals surface area contributed by atoms with E-state index in [2.05, 4.69) is 20.4 Å². The number of fused-ring (bicyclic) bond motifs is 1. The van der Waals surface area contributed by atoms with Crippen LogP contribution in [0.5, 0.6) is 0 Å². The zero-order chi connectivity index (χ0) is 17.9. The Bertz CT molecular complexity index is 721. The summed E-state index contributed by atoms with van der Waals surface area (Å²) in [4.78, 5) is 20.3. The molecule has 0 atom stereocenters. The number of hydrogen-bond donors (Lipinski definition) is 2. The molecule has 1 fully saturated rings. The molecular weight excluding hydrogens is 318 g/mol. The van der Waals surface area contributed by atoms with Gasteiger partial charge >= 0.3 is 0 Å². The van der Waals surface area contributed by atoms with Crippen LogP contribution in [0.1, 0.15) is 25.7 Å². The molecule has 0 spiro atoms. The van der Waals surface area contributed by atoms with E-state index < -0.39 is 5.60 Å². The minimum Gasteiger partial charge on any atom is -0.388 e. The second kappa shape index (κ2) is 7.41. The van der Waals surface area contributed by atoms with E-state index in [1.807, 2.05) is 18.3 Å². The van der Waals surface area contributed by atoms with Crippen molar-refractivity contribution in [2.45, 2.75) is 31.3 Å². The van der Waals surface area contributed by atoms with Crippen LogP contribution in [0.15, 0.2) is 30.6 Å². The van der Waals surface area contributed by atoms with Gasteiger partial charge in [-0.2, -0.15) is 0 Å². The van der Waals surface area contributed by atoms with Crippen molar-refractivity contribution >= 4 is 17.4 Å². The van der Waals surface area contributed by atoms with Crippen LogP contribution in [-0.4, -0.2) is 64.1 Å². The highest BCUT2D eigenvalue weighted by atomic mass is 16.3. The molecule has 1 aliphatic heterocycles. The fourth-order valence-electron chi connectivity index (χ4n) is 3.47. The minimum absolute atomic E-state index is 0.0458. The van der Waals surface area contributed by atoms with Gasteiger partial charge in [-0.3, -0.25) is 9.20 Å². The Kier molecular flexibility index (Phi) is 5.24. The van der Waals surface area contributed by atoms with Crippen molar-refractivity contribution in [3.05, 3.63) is 30.6 Å². The number of amides is 1. The summed E-state index contributed by atoms with van der Waals surface area (Å²) >= 11 is 0. The monoisotopic (exact) mass is 345 g/mol. The van der Waals surface area contributed by atoms with Crippen LogP contribution < -0.4 is 10.6 Å². The predicted molar refractivity (Wildman–Crippen MR) is 97.5 cm³/mol. The fourth-order valence-corrected chi connectivity index (χ4v) is 3.47. The van der Waals surface area contributed by atoms with Gasteiger partial charge in [-0.25, -0.2) is 4.98 Å². The molecule has 1 aliphatic rings. The van der Waals surface area contributed by atoms with Crippen LogP contribution >= 0.6 is 0 Å². The van der Waals surface area contributed by atoms with E-state index in [9.17, 15) is 9.90 Å². The van der Waals surface area contributed by atoms with Crippen molar-refractivity contribution in [3.8, 4) is 0 Å². The molecule has 3 N–H and O–H groups in total. The smallest absolute Gasteiger partial charge is 0.222 e. The van der Waals surface area contributed by atoms with Crippen molar-refractivity contribution in [1.82, 2.24) is 14.3 Å². The Morgan fingerprint density at radius 1 is 1.40 bits per heavy atom. The third kappa shape index (κ3) is 3.93. The lowest BCUT2D eigenvalue weighted by Gasteiger charge is -2.41. The summed E-state index contributed by atoms with van der Waals surface area (Å²) in [6, 6.07) is 6.05. The number of nitrogens with two attached hydrogens (primary N) is 1. The van der Waals surface area contributed by atoms with Crippen molar-refractivity contribution in [1.29, 1.82) is 0 Å². The molecule has 0 saturated carbocycles. The van der Waals surface area contributed by atoms with Gasteiger partial charge < -0.3 is 20.6 Å². The second-order valence-electron chi connectivity index (χ2n) is 6.89. The Morgan fingerprint density at radius 3 is 2.88 bits per heavy atom. The number of rotatable bonds is 6. The van der Waals surface area contributed by atoms with E-state index >= 15 is 0 Å². The van der Waals surface area contributed by atoms with E-state index in [0.29, 0.717) is 38.8 Å². The summed E-state index contributed by atoms with van der Waals surface area (Å²) in [7, 11) is 1.76. The largest absolute Gasteiger partial charge is 0.388 e. The van der Waals surface area contributed by atoms with Crippen molar-refractivity contribution < 1.29 is 9.90 Å². The molecule has 0 bridgehead atoms. The molecule has 1 saturated heterocycles. The standard InChI is InChI=1S/C18H27N5O2/c1-21(17(24)6-3-9-19)14-18(25)7-11-22(12-8-18)16-5-2-4-15-20-10-13-23(15)16/h2,4-5,10,13,25H,3,6-9,11-12,14,19H2,1H3. The molecule has 7 nitrogen and oxygen atoms in total. The Balaban J connectivity index is 1.61. The predicted octanol–water partition coefficient (Wildman–Crippen LogP) is 0.863. The highest BCUT2D eigenvalue weighted by molar-refractivity contribution is 5.75. The van der Waals surface area contributed by atoms with Gasteiger partial charge in [0.05, 0.1) is 5.60 Å². The first-order valence-corrected chi connectivity index (χ1v) is 8.86. The molecule has 3 rings (SSSR count). The molecule has 0 unspecified atom stereocenters. The Hall–Kier alpha value is -2.12. The fraction of sp³-hybridized carbons (Fsp3) is 0.556. The van der Waals surface area contributed by atoms with Gasteiger partial charge in [0.1, 0.15) is 11.5 Å². The maximum absolute atomic E-state index is 12.1. The molecule has 0 aromatic carbocycles. The average Bonchev–Trinajstić information content (AvgIpc) is 3.09. The first-order chi connectivity index (χ1) is 12.0. The van der Waals surface area contributed by atoms with Crippen LogP contribution in [0.25, 0.3) is 5.65 Å². The van der Waals surface area contributed by atoms with Gasteiger partial charge in [0.25, 0.3) is 0 Å². The number of hydrogen-bond acceptors (Lipinski definition) is 5. The van der Waals surface area contributed by atoms with Crippen LogP contribution in [0.2, 0.25) is 0 Å². The Morgan fingerprint density at radius 2 is 2.16 bits per heavy atom. The van der Waals surface area contributed by atoms with Gasteiger partial charge in [-0.1, -0.05) is 6.07 Å². The first-order valence-electron chi connectivity index (χ1n) is 8.86. The van der Waals surface area contributed by atoms with Crippen LogP contribution in [0.4, 0.5) is 5.82 Å². The number of anilines is 1. The molecule has 25 heavy (non-hydrogen) atoms. The first kappa shape index (κ1) is 17.7. The molecule has 1 amide bonds. The maximum Gasteiger partial charge on any atom is 0.222 e. The van der Waals surface area contributed by atoms with Gasteiger partial charge in [-0.05, 0) is 37.9 Å². The molecule has 3 heterocycles. The summed E-state index contributed by atoms with van der Waals surface area (Å²) < 4.78 is 2.06. The number of imidazole rings is 1. The number of piperidine rings is 1. The van der Waals surface area contributed by atoms with E-state index in [-0.39, 0.29) is 5.91 Å². The number of pyridine rings is 1. The van der Waals surface area contributed by atoms with Crippen molar-refractivity contribution in [3.63, 3.8) is 0 Å². The zero-order valence-electron chi connectivity index (χ0n) is 14.8. The molecule has 136 valence electrons. The summed E-state index contributed by atoms with van der Waals surface area (Å²) in [6.45, 7) is 2.38. The minimum atomic E-state index is -0.827. The lowest BCUT2D eigenvalue weighted by molar-refractivity contribution is -0.133. The summed E-state index contributed by atoms with van der Waals surface area (Å²) in [5.41, 5.74) is 5.55. The van der Waals surface area contributed by atoms with Gasteiger partial charge in [0.15, 0.2) is 0 Å². The van der Waals surface area contributed by atoms with E-state index in [1.165, 1.54) is 0 Å². The SMILES string of the molecule is CN(CC1(O)CCN(c2cccc3nccn23)CC1)C(=O)CCCN. The van der Waals surface area contributed by atoms with Gasteiger partial charge in [-0.15, -0.1) is 0 Å². The van der Waals surface area contributed by atoms with Crippen molar-refractivity contribution in [2.24, 2.45) is 5.73 Å². The van der Waals surface area contributed by atoms with Gasteiger partial charge in [0, 0.05) is 45.5 Å². The summed E-state index contributed by atoms with van der Waals surface area (Å²) in [5, 5.41) is 10.9. The topological polar surface area (TPSA) is 87.1 Å². The number of nitrogens with zero attached hydrogens (tertiary/aromatic N) is 4. The maximum atomic E-state index is 12.1. The highest BCUT2D eigenvalue weighted by Crippen LogP contribution is 2.27. The number of aliphatic hydroxyl groups is 1. The van der Waals surface area contributed by atoms with Crippen molar-refractivity contribution in [2.75, 3.05) is 38.1 Å². The number of carbonyl (C=O) groups excluding carboxylic acids is 1. The van der Waals surface area contributed by atoms with Crippen LogP contribution in [0.3, 0.4) is 0 Å². The van der Waals surface area contributed by atoms with Crippen LogP contribution in [-0.2, 0) is 4.79 Å². The lowest BCUT2D eigenvalue weighted by Crippen LogP contribution is -2.51. The zero-order valence-corrected chi connectivity index (χ0v) is 14.8. The third-order valence-corrected chi connectivity index (χ3v) is 4.98. The quantitative estimate of drug-likeness (QED) is 0.811. The molecule has 7 heteroatoms. The molecule has 0 radical (unpaired) electrons. The summed E-state index contributed by atoms with van der Waals surface area (Å²) in [5.74, 6) is 1.13. The van der Waals surface area contributed by atoms with Crippen LogP contribution in [0, 0.1) is 0 Å². The number of aromatic nitrogens is 2. The normalized spacial score (nSPS) is 17.0. The number of carbonyl (C=O) groups is 1. The lowest BCUT2D eigenvalue weighted by atomic mass is 9.90. The molecule has 2 aromatic heterocycles. The van der Waals surface area contributed by atoms with Gasteiger partial charge in [0.2, 0.25) is 5.91 Å². The van der Waals surface area contributed by atoms with E-state index in [4.69, 9.17) is 5.73 Å². The average molecular weight is 345 g/mol. The van der Waals surface area contributed by atoms with E-state index in [1.54, 1.807) is 18.1 Å². The molecule has 2 aromatic rings.